The predicted octanol–water partition coefficient (Wildman–Crippen LogP) is 1.82. The first kappa shape index (κ1) is 13.5. The van der Waals surface area contributed by atoms with Gasteiger partial charge in [0.05, 0.1) is 6.10 Å². The summed E-state index contributed by atoms with van der Waals surface area (Å²) in [6.07, 6.45) is -0.0224. The van der Waals surface area contributed by atoms with Crippen LogP contribution in [0, 0.1) is 0 Å². The summed E-state index contributed by atoms with van der Waals surface area (Å²) < 4.78 is 0. The quantitative estimate of drug-likeness (QED) is 0.730. The first-order valence-corrected chi connectivity index (χ1v) is 5.87. The fourth-order valence-electron chi connectivity index (χ4n) is 1.48. The molecule has 0 bridgehead atoms. The third-order valence-electron chi connectivity index (χ3n) is 2.31. The van der Waals surface area contributed by atoms with E-state index in [1.54, 1.807) is 0 Å². The molecule has 1 unspecified atom stereocenters. The zero-order valence-corrected chi connectivity index (χ0v) is 10.3. The normalized spacial score (nSPS) is 12.2. The highest BCUT2D eigenvalue weighted by atomic mass is 16.3. The molecule has 4 nitrogen and oxygen atoms in total. The van der Waals surface area contributed by atoms with Gasteiger partial charge < -0.3 is 15.7 Å². The van der Waals surface area contributed by atoms with Crippen LogP contribution in [0.25, 0.3) is 0 Å². The minimum atomic E-state index is -0.532. The fraction of sp³-hybridized carbons (Fsp3) is 0.462. The maximum atomic E-state index is 11.3. The maximum Gasteiger partial charge on any atom is 0.314 e. The first-order chi connectivity index (χ1) is 8.09. The molecule has 0 aromatic heterocycles. The van der Waals surface area contributed by atoms with Crippen molar-refractivity contribution in [3.8, 4) is 0 Å². The predicted molar refractivity (Wildman–Crippen MR) is 67.7 cm³/mol. The lowest BCUT2D eigenvalue weighted by Crippen LogP contribution is -2.40. The van der Waals surface area contributed by atoms with Crippen molar-refractivity contribution >= 4 is 6.03 Å². The van der Waals surface area contributed by atoms with Crippen LogP contribution in [0.1, 0.15) is 31.9 Å². The van der Waals surface area contributed by atoms with Crippen LogP contribution in [0.4, 0.5) is 4.79 Å². The molecule has 0 spiro atoms. The molecular formula is C13H20N2O2. The summed E-state index contributed by atoms with van der Waals surface area (Å²) in [6, 6.07) is 9.35. The molecule has 1 aromatic carbocycles. The van der Waals surface area contributed by atoms with E-state index in [0.29, 0.717) is 13.0 Å². The Kier molecular flexibility index (Phi) is 5.49. The number of amides is 2. The van der Waals surface area contributed by atoms with Gasteiger partial charge >= 0.3 is 6.03 Å². The molecule has 0 heterocycles. The van der Waals surface area contributed by atoms with Crippen LogP contribution in [-0.4, -0.2) is 23.7 Å². The molecule has 2 amide bonds. The number of hydrogen-bond acceptors (Lipinski definition) is 2. The molecular weight excluding hydrogens is 216 g/mol. The molecule has 1 aromatic rings. The molecule has 0 fully saturated rings. The molecule has 0 saturated carbocycles. The largest absolute Gasteiger partial charge is 0.388 e. The van der Waals surface area contributed by atoms with E-state index in [9.17, 15) is 9.90 Å². The number of carbonyl (C=O) groups excluding carboxylic acids is 1. The number of rotatable bonds is 5. The third kappa shape index (κ3) is 5.36. The van der Waals surface area contributed by atoms with Gasteiger partial charge in [-0.3, -0.25) is 0 Å². The van der Waals surface area contributed by atoms with Crippen molar-refractivity contribution in [2.24, 2.45) is 0 Å². The van der Waals surface area contributed by atoms with Crippen molar-refractivity contribution in [3.05, 3.63) is 35.9 Å². The van der Waals surface area contributed by atoms with Crippen molar-refractivity contribution in [3.63, 3.8) is 0 Å². The van der Waals surface area contributed by atoms with Gasteiger partial charge in [0.1, 0.15) is 0 Å². The molecule has 17 heavy (non-hydrogen) atoms. The number of urea groups is 1. The Labute approximate surface area is 102 Å². The van der Waals surface area contributed by atoms with Gasteiger partial charge in [0.15, 0.2) is 0 Å². The average Bonchev–Trinajstić information content (AvgIpc) is 2.29. The Hall–Kier alpha value is -1.55. The van der Waals surface area contributed by atoms with E-state index in [0.717, 1.165) is 5.56 Å². The van der Waals surface area contributed by atoms with Crippen LogP contribution in [0.5, 0.6) is 0 Å². The topological polar surface area (TPSA) is 61.4 Å². The molecule has 1 atom stereocenters. The van der Waals surface area contributed by atoms with Gasteiger partial charge in [-0.15, -0.1) is 0 Å². The molecule has 3 N–H and O–H groups in total. The second kappa shape index (κ2) is 6.91. The second-order valence-corrected chi connectivity index (χ2v) is 4.27. The van der Waals surface area contributed by atoms with Gasteiger partial charge in [-0.2, -0.15) is 0 Å². The number of hydrogen-bond donors (Lipinski definition) is 3. The van der Waals surface area contributed by atoms with Gasteiger partial charge in [0.2, 0.25) is 0 Å². The third-order valence-corrected chi connectivity index (χ3v) is 2.31. The number of aliphatic hydroxyl groups excluding tert-OH is 1. The standard InChI is InChI=1S/C13H20N2O2/c1-10(2)15-13(17)14-9-8-12(16)11-6-4-3-5-7-11/h3-7,10,12,16H,8-9H2,1-2H3,(H2,14,15,17). The first-order valence-electron chi connectivity index (χ1n) is 5.87. The van der Waals surface area contributed by atoms with E-state index in [1.165, 1.54) is 0 Å². The van der Waals surface area contributed by atoms with Gasteiger partial charge in [-0.1, -0.05) is 30.3 Å². The SMILES string of the molecule is CC(C)NC(=O)NCCC(O)c1ccccc1. The second-order valence-electron chi connectivity index (χ2n) is 4.27. The van der Waals surface area contributed by atoms with E-state index in [2.05, 4.69) is 10.6 Å². The Bertz CT molecular complexity index is 339. The zero-order valence-electron chi connectivity index (χ0n) is 10.3. The summed E-state index contributed by atoms with van der Waals surface area (Å²) in [7, 11) is 0. The minimum Gasteiger partial charge on any atom is -0.388 e. The highest BCUT2D eigenvalue weighted by Crippen LogP contribution is 2.14. The summed E-state index contributed by atoms with van der Waals surface area (Å²) in [5, 5.41) is 15.3. The number of carbonyl (C=O) groups is 1. The van der Waals surface area contributed by atoms with Gasteiger partial charge in [-0.25, -0.2) is 4.79 Å². The van der Waals surface area contributed by atoms with Crippen LogP contribution >= 0.6 is 0 Å². The van der Waals surface area contributed by atoms with E-state index < -0.39 is 6.10 Å². The van der Waals surface area contributed by atoms with Crippen LogP contribution in [0.2, 0.25) is 0 Å². The molecule has 4 heteroatoms. The summed E-state index contributed by atoms with van der Waals surface area (Å²) in [5.41, 5.74) is 0.874. The molecule has 1 rings (SSSR count). The van der Waals surface area contributed by atoms with Crippen molar-refractivity contribution in [1.82, 2.24) is 10.6 Å². The molecule has 0 aliphatic carbocycles. The lowest BCUT2D eigenvalue weighted by molar-refractivity contribution is 0.167. The summed E-state index contributed by atoms with van der Waals surface area (Å²) in [5.74, 6) is 0. The fourth-order valence-corrected chi connectivity index (χ4v) is 1.48. The van der Waals surface area contributed by atoms with Crippen molar-refractivity contribution in [2.45, 2.75) is 32.4 Å². The number of aliphatic hydroxyl groups is 1. The van der Waals surface area contributed by atoms with E-state index in [4.69, 9.17) is 0 Å². The summed E-state index contributed by atoms with van der Waals surface area (Å²) in [4.78, 5) is 11.3. The lowest BCUT2D eigenvalue weighted by atomic mass is 10.1. The zero-order chi connectivity index (χ0) is 12.7. The molecule has 94 valence electrons. The van der Waals surface area contributed by atoms with Crippen LogP contribution in [-0.2, 0) is 0 Å². The van der Waals surface area contributed by atoms with E-state index >= 15 is 0 Å². The average molecular weight is 236 g/mol. The molecule has 0 radical (unpaired) electrons. The van der Waals surface area contributed by atoms with Crippen molar-refractivity contribution in [2.75, 3.05) is 6.54 Å². The number of benzene rings is 1. The summed E-state index contributed by atoms with van der Waals surface area (Å²) in [6.45, 7) is 4.26. The van der Waals surface area contributed by atoms with Gasteiger partial charge in [0.25, 0.3) is 0 Å². The van der Waals surface area contributed by atoms with Crippen molar-refractivity contribution < 1.29 is 9.90 Å². The smallest absolute Gasteiger partial charge is 0.314 e. The Morgan fingerprint density at radius 1 is 1.29 bits per heavy atom. The van der Waals surface area contributed by atoms with E-state index in [1.807, 2.05) is 44.2 Å². The highest BCUT2D eigenvalue weighted by molar-refractivity contribution is 5.73. The molecule has 0 aliphatic rings. The lowest BCUT2D eigenvalue weighted by Gasteiger charge is -2.13. The molecule has 0 saturated heterocycles. The van der Waals surface area contributed by atoms with E-state index in [-0.39, 0.29) is 12.1 Å². The van der Waals surface area contributed by atoms with Crippen LogP contribution < -0.4 is 10.6 Å². The molecule has 0 aliphatic heterocycles. The Morgan fingerprint density at radius 3 is 2.53 bits per heavy atom. The van der Waals surface area contributed by atoms with Gasteiger partial charge in [0, 0.05) is 12.6 Å². The van der Waals surface area contributed by atoms with Crippen molar-refractivity contribution in [1.29, 1.82) is 0 Å². The van der Waals surface area contributed by atoms with Crippen LogP contribution in [0.3, 0.4) is 0 Å². The number of nitrogens with one attached hydrogen (secondary N) is 2. The highest BCUT2D eigenvalue weighted by Gasteiger charge is 2.07. The van der Waals surface area contributed by atoms with Gasteiger partial charge in [-0.05, 0) is 25.8 Å². The Balaban J connectivity index is 2.25. The Morgan fingerprint density at radius 2 is 1.94 bits per heavy atom. The minimum absolute atomic E-state index is 0.119. The maximum absolute atomic E-state index is 11.3. The monoisotopic (exact) mass is 236 g/mol. The van der Waals surface area contributed by atoms with Crippen LogP contribution in [0.15, 0.2) is 30.3 Å². The summed E-state index contributed by atoms with van der Waals surface area (Å²) >= 11 is 0.